The second kappa shape index (κ2) is 5.19. The Kier molecular flexibility index (Phi) is 4.23. The summed E-state index contributed by atoms with van der Waals surface area (Å²) in [5.74, 6) is 0.316. The lowest BCUT2D eigenvalue weighted by molar-refractivity contribution is -0.151. The van der Waals surface area contributed by atoms with Crippen molar-refractivity contribution in [1.29, 1.82) is 0 Å². The molecule has 2 N–H and O–H groups in total. The van der Waals surface area contributed by atoms with Crippen molar-refractivity contribution >= 4 is 11.8 Å². The Bertz CT molecular complexity index is 479. The number of carbonyl (C=O) groups is 1. The third kappa shape index (κ3) is 3.46. The number of nitrogens with two attached hydrogens (primary N) is 1. The van der Waals surface area contributed by atoms with E-state index in [4.69, 9.17) is 10.5 Å². The molecule has 0 unspecified atom stereocenters. The topological polar surface area (TPSA) is 65.2 Å². The van der Waals surface area contributed by atoms with Gasteiger partial charge in [-0.1, -0.05) is 19.9 Å². The van der Waals surface area contributed by atoms with E-state index in [-0.39, 0.29) is 11.4 Å². The van der Waals surface area contributed by atoms with Gasteiger partial charge in [0.25, 0.3) is 0 Å². The van der Waals surface area contributed by atoms with E-state index < -0.39 is 5.41 Å². The summed E-state index contributed by atoms with van der Waals surface area (Å²) in [6.07, 6.45) is 2.39. The van der Waals surface area contributed by atoms with Crippen molar-refractivity contribution in [2.24, 2.45) is 5.41 Å². The molecule has 0 fully saturated rings. The van der Waals surface area contributed by atoms with Gasteiger partial charge in [0, 0.05) is 11.8 Å². The van der Waals surface area contributed by atoms with E-state index in [1.807, 2.05) is 26.8 Å². The maximum Gasteiger partial charge on any atom is 0.311 e. The average molecular weight is 264 g/mol. The molecular formula is C15H24N2O2. The highest BCUT2D eigenvalue weighted by Gasteiger charge is 2.37. The number of ether oxygens (including phenoxy) is 1. The first-order valence-corrected chi connectivity index (χ1v) is 6.41. The van der Waals surface area contributed by atoms with Gasteiger partial charge in [0.1, 0.15) is 5.82 Å². The number of carbonyl (C=O) groups excluding carboxylic acids is 1. The molecule has 0 radical (unpaired) electrons. The van der Waals surface area contributed by atoms with Crippen LogP contribution in [-0.4, -0.2) is 18.1 Å². The Hall–Kier alpha value is -1.58. The summed E-state index contributed by atoms with van der Waals surface area (Å²) in [7, 11) is 1.42. The number of hydrogen-bond donors (Lipinski definition) is 1. The van der Waals surface area contributed by atoms with Crippen molar-refractivity contribution in [3.63, 3.8) is 0 Å². The zero-order chi connectivity index (χ0) is 14.8. The first-order chi connectivity index (χ1) is 8.60. The molecular weight excluding hydrogens is 240 g/mol. The fourth-order valence-corrected chi connectivity index (χ4v) is 2.67. The Labute approximate surface area is 115 Å². The molecule has 0 spiro atoms. The van der Waals surface area contributed by atoms with Gasteiger partial charge in [0.15, 0.2) is 0 Å². The van der Waals surface area contributed by atoms with E-state index in [2.05, 4.69) is 18.8 Å². The Morgan fingerprint density at radius 3 is 2.47 bits per heavy atom. The summed E-state index contributed by atoms with van der Waals surface area (Å²) >= 11 is 0. The summed E-state index contributed by atoms with van der Waals surface area (Å²) < 4.78 is 4.86. The van der Waals surface area contributed by atoms with Crippen LogP contribution in [0.15, 0.2) is 12.3 Å². The van der Waals surface area contributed by atoms with Crippen LogP contribution in [0.5, 0.6) is 0 Å². The Morgan fingerprint density at radius 1 is 1.37 bits per heavy atom. The van der Waals surface area contributed by atoms with Crippen molar-refractivity contribution in [2.75, 3.05) is 12.8 Å². The molecule has 4 heteroatoms. The predicted molar refractivity (Wildman–Crippen MR) is 76.8 cm³/mol. The summed E-state index contributed by atoms with van der Waals surface area (Å²) in [5.41, 5.74) is 7.20. The number of hydrogen-bond acceptors (Lipinski definition) is 4. The molecule has 0 amide bonds. The van der Waals surface area contributed by atoms with Gasteiger partial charge in [-0.3, -0.25) is 4.79 Å². The highest BCUT2D eigenvalue weighted by molar-refractivity contribution is 5.76. The van der Waals surface area contributed by atoms with Crippen molar-refractivity contribution < 1.29 is 9.53 Å². The van der Waals surface area contributed by atoms with E-state index in [0.29, 0.717) is 12.2 Å². The lowest BCUT2D eigenvalue weighted by atomic mass is 9.71. The largest absolute Gasteiger partial charge is 0.469 e. The van der Waals surface area contributed by atoms with Crippen LogP contribution >= 0.6 is 0 Å². The monoisotopic (exact) mass is 264 g/mol. The summed E-state index contributed by atoms with van der Waals surface area (Å²) in [6.45, 7) is 9.91. The molecule has 0 aromatic carbocycles. The molecule has 0 aliphatic heterocycles. The zero-order valence-electron chi connectivity index (χ0n) is 12.7. The van der Waals surface area contributed by atoms with Crippen LogP contribution in [0.25, 0.3) is 0 Å². The number of aromatic nitrogens is 1. The van der Waals surface area contributed by atoms with E-state index in [1.165, 1.54) is 7.11 Å². The molecule has 4 nitrogen and oxygen atoms in total. The molecule has 1 aromatic rings. The number of pyridine rings is 1. The standard InChI is InChI=1S/C15H24N2O2/c1-10-7-11(12(16)17-8-10)14(2,3)9-15(4,5)13(18)19-6/h7-8H,9H2,1-6H3,(H2,16,17). The van der Waals surface area contributed by atoms with E-state index >= 15 is 0 Å². The first-order valence-electron chi connectivity index (χ1n) is 6.41. The molecule has 1 aromatic heterocycles. The molecule has 0 aliphatic rings. The van der Waals surface area contributed by atoms with Crippen LogP contribution < -0.4 is 5.73 Å². The van der Waals surface area contributed by atoms with Gasteiger partial charge >= 0.3 is 5.97 Å². The number of esters is 1. The maximum atomic E-state index is 11.8. The number of aryl methyl sites for hydroxylation is 1. The van der Waals surface area contributed by atoms with Gasteiger partial charge < -0.3 is 10.5 Å². The minimum atomic E-state index is -0.561. The van der Waals surface area contributed by atoms with Gasteiger partial charge in [0.2, 0.25) is 0 Å². The van der Waals surface area contributed by atoms with Crippen LogP contribution in [0.2, 0.25) is 0 Å². The number of anilines is 1. The molecule has 1 heterocycles. The van der Waals surface area contributed by atoms with Crippen molar-refractivity contribution in [3.8, 4) is 0 Å². The fourth-order valence-electron chi connectivity index (χ4n) is 2.67. The second-order valence-electron chi connectivity index (χ2n) is 6.38. The molecule has 106 valence electrons. The van der Waals surface area contributed by atoms with Crippen molar-refractivity contribution in [3.05, 3.63) is 23.4 Å². The van der Waals surface area contributed by atoms with Gasteiger partial charge in [-0.15, -0.1) is 0 Å². The van der Waals surface area contributed by atoms with Crippen LogP contribution in [0.3, 0.4) is 0 Å². The van der Waals surface area contributed by atoms with Crippen LogP contribution in [0, 0.1) is 12.3 Å². The second-order valence-corrected chi connectivity index (χ2v) is 6.38. The van der Waals surface area contributed by atoms with E-state index in [9.17, 15) is 4.79 Å². The molecule has 19 heavy (non-hydrogen) atoms. The molecule has 0 saturated heterocycles. The number of methoxy groups -OCH3 is 1. The molecule has 0 bridgehead atoms. The molecule has 1 rings (SSSR count). The van der Waals surface area contributed by atoms with Crippen LogP contribution in [0.1, 0.15) is 45.2 Å². The SMILES string of the molecule is COC(=O)C(C)(C)CC(C)(C)c1cc(C)cnc1N. The molecule has 0 atom stereocenters. The number of nitrogen functional groups attached to an aromatic ring is 1. The Morgan fingerprint density at radius 2 is 1.95 bits per heavy atom. The van der Waals surface area contributed by atoms with Crippen molar-refractivity contribution in [1.82, 2.24) is 4.98 Å². The smallest absolute Gasteiger partial charge is 0.311 e. The third-order valence-corrected chi connectivity index (χ3v) is 3.41. The summed E-state index contributed by atoms with van der Waals surface area (Å²) in [6, 6.07) is 2.04. The van der Waals surface area contributed by atoms with Crippen LogP contribution in [0.4, 0.5) is 5.82 Å². The van der Waals surface area contributed by atoms with Gasteiger partial charge in [-0.25, -0.2) is 4.98 Å². The van der Waals surface area contributed by atoms with Crippen LogP contribution in [-0.2, 0) is 14.9 Å². The van der Waals surface area contributed by atoms with E-state index in [1.54, 1.807) is 6.20 Å². The first kappa shape index (κ1) is 15.5. The minimum absolute atomic E-state index is 0.209. The van der Waals surface area contributed by atoms with Crippen molar-refractivity contribution in [2.45, 2.75) is 46.5 Å². The van der Waals surface area contributed by atoms with Gasteiger partial charge in [-0.05, 0) is 38.2 Å². The highest BCUT2D eigenvalue weighted by Crippen LogP contribution is 2.39. The lowest BCUT2D eigenvalue weighted by Crippen LogP contribution is -2.34. The summed E-state index contributed by atoms with van der Waals surface area (Å²) in [4.78, 5) is 16.0. The number of rotatable bonds is 4. The third-order valence-electron chi connectivity index (χ3n) is 3.41. The minimum Gasteiger partial charge on any atom is -0.469 e. The van der Waals surface area contributed by atoms with Gasteiger partial charge in [-0.2, -0.15) is 0 Å². The zero-order valence-corrected chi connectivity index (χ0v) is 12.7. The average Bonchev–Trinajstić information content (AvgIpc) is 2.29. The van der Waals surface area contributed by atoms with E-state index in [0.717, 1.165) is 11.1 Å². The molecule has 0 aliphatic carbocycles. The normalized spacial score (nSPS) is 12.3. The maximum absolute atomic E-state index is 11.8. The predicted octanol–water partition coefficient (Wildman–Crippen LogP) is 2.84. The molecule has 0 saturated carbocycles. The quantitative estimate of drug-likeness (QED) is 0.849. The number of nitrogens with zero attached hydrogens (tertiary/aromatic N) is 1. The highest BCUT2D eigenvalue weighted by atomic mass is 16.5. The summed E-state index contributed by atoms with van der Waals surface area (Å²) in [5, 5.41) is 0. The van der Waals surface area contributed by atoms with Gasteiger partial charge in [0.05, 0.1) is 12.5 Å². The Balaban J connectivity index is 3.10. The lowest BCUT2D eigenvalue weighted by Gasteiger charge is -2.34. The fraction of sp³-hybridized carbons (Fsp3) is 0.600.